The molecule has 0 spiro atoms. The predicted molar refractivity (Wildman–Crippen MR) is 83.7 cm³/mol. The van der Waals surface area contributed by atoms with Crippen molar-refractivity contribution < 1.29 is 4.79 Å². The van der Waals surface area contributed by atoms with Gasteiger partial charge in [-0.1, -0.05) is 15.9 Å². The lowest BCUT2D eigenvalue weighted by Gasteiger charge is -2.10. The van der Waals surface area contributed by atoms with Gasteiger partial charge in [0.2, 0.25) is 5.91 Å². The maximum Gasteiger partial charge on any atom is 0.239 e. The summed E-state index contributed by atoms with van der Waals surface area (Å²) in [4.78, 5) is 16.1. The summed E-state index contributed by atoms with van der Waals surface area (Å²) in [5.41, 5.74) is 1.84. The van der Waals surface area contributed by atoms with E-state index in [0.717, 1.165) is 27.6 Å². The molecular weight excluding hydrogens is 318 g/mol. The van der Waals surface area contributed by atoms with Gasteiger partial charge in [0.1, 0.15) is 0 Å². The fourth-order valence-corrected chi connectivity index (χ4v) is 2.44. The van der Waals surface area contributed by atoms with Crippen LogP contribution in [0.5, 0.6) is 0 Å². The van der Waals surface area contributed by atoms with Crippen LogP contribution < -0.4 is 10.6 Å². The molecule has 2 aromatic rings. The van der Waals surface area contributed by atoms with Crippen molar-refractivity contribution in [3.05, 3.63) is 34.9 Å². The Kier molecular flexibility index (Phi) is 3.87. The van der Waals surface area contributed by atoms with Crippen molar-refractivity contribution in [1.29, 1.82) is 0 Å². The van der Waals surface area contributed by atoms with Crippen molar-refractivity contribution in [3.63, 3.8) is 0 Å². The quantitative estimate of drug-likeness (QED) is 0.884. The molecule has 1 aromatic heterocycles. The molecule has 0 unspecified atom stereocenters. The second kappa shape index (κ2) is 5.79. The third-order valence-electron chi connectivity index (χ3n) is 3.43. The van der Waals surface area contributed by atoms with Gasteiger partial charge in [0.25, 0.3) is 0 Å². The highest BCUT2D eigenvalue weighted by atomic mass is 79.9. The lowest BCUT2D eigenvalue weighted by atomic mass is 10.2. The molecule has 0 aliphatic heterocycles. The Bertz CT molecular complexity index is 640. The SMILES string of the molecule is O=C(CNc1ccnc2cc(Br)ccc12)NCC1CC1. The summed E-state index contributed by atoms with van der Waals surface area (Å²) < 4.78 is 0.997. The molecule has 1 saturated carbocycles. The lowest BCUT2D eigenvalue weighted by Crippen LogP contribution is -2.31. The number of fused-ring (bicyclic) bond motifs is 1. The molecule has 1 amide bonds. The van der Waals surface area contributed by atoms with Crippen LogP contribution in [0, 0.1) is 5.92 Å². The van der Waals surface area contributed by atoms with Gasteiger partial charge < -0.3 is 10.6 Å². The molecule has 0 saturated heterocycles. The topological polar surface area (TPSA) is 54.0 Å². The minimum Gasteiger partial charge on any atom is -0.376 e. The van der Waals surface area contributed by atoms with Crippen LogP contribution in [0.4, 0.5) is 5.69 Å². The monoisotopic (exact) mass is 333 g/mol. The molecule has 0 radical (unpaired) electrons. The van der Waals surface area contributed by atoms with Crippen molar-refractivity contribution in [1.82, 2.24) is 10.3 Å². The molecule has 1 aliphatic carbocycles. The summed E-state index contributed by atoms with van der Waals surface area (Å²) >= 11 is 3.43. The van der Waals surface area contributed by atoms with E-state index in [9.17, 15) is 4.79 Å². The molecule has 20 heavy (non-hydrogen) atoms. The number of pyridine rings is 1. The highest BCUT2D eigenvalue weighted by Crippen LogP contribution is 2.27. The number of hydrogen-bond donors (Lipinski definition) is 2. The maximum atomic E-state index is 11.7. The third kappa shape index (κ3) is 3.28. The Hall–Kier alpha value is -1.62. The molecule has 104 valence electrons. The van der Waals surface area contributed by atoms with Crippen LogP contribution in [-0.2, 0) is 4.79 Å². The summed E-state index contributed by atoms with van der Waals surface area (Å²) in [6.07, 6.45) is 4.24. The van der Waals surface area contributed by atoms with Gasteiger partial charge in [0, 0.05) is 28.3 Å². The number of hydrogen-bond acceptors (Lipinski definition) is 3. The molecule has 1 aromatic carbocycles. The summed E-state index contributed by atoms with van der Waals surface area (Å²) in [6.45, 7) is 1.10. The van der Waals surface area contributed by atoms with E-state index in [4.69, 9.17) is 0 Å². The fraction of sp³-hybridized carbons (Fsp3) is 0.333. The van der Waals surface area contributed by atoms with Crippen molar-refractivity contribution in [2.24, 2.45) is 5.92 Å². The smallest absolute Gasteiger partial charge is 0.239 e. The minimum absolute atomic E-state index is 0.0407. The van der Waals surface area contributed by atoms with E-state index in [0.29, 0.717) is 12.5 Å². The zero-order chi connectivity index (χ0) is 13.9. The number of nitrogens with one attached hydrogen (secondary N) is 2. The number of nitrogens with zero attached hydrogens (tertiary/aromatic N) is 1. The summed E-state index contributed by atoms with van der Waals surface area (Å²) in [5, 5.41) is 7.15. The van der Waals surface area contributed by atoms with Gasteiger partial charge in [-0.05, 0) is 43.0 Å². The maximum absolute atomic E-state index is 11.7. The molecule has 0 bridgehead atoms. The summed E-state index contributed by atoms with van der Waals surface area (Å²) in [5.74, 6) is 0.747. The fourth-order valence-electron chi connectivity index (χ4n) is 2.09. The van der Waals surface area contributed by atoms with E-state index >= 15 is 0 Å². The van der Waals surface area contributed by atoms with Gasteiger partial charge >= 0.3 is 0 Å². The number of halogens is 1. The highest BCUT2D eigenvalue weighted by Gasteiger charge is 2.21. The average Bonchev–Trinajstić information content (AvgIpc) is 3.26. The number of carbonyl (C=O) groups excluding carboxylic acids is 1. The first-order chi connectivity index (χ1) is 9.72. The van der Waals surface area contributed by atoms with E-state index in [1.54, 1.807) is 6.20 Å². The van der Waals surface area contributed by atoms with Gasteiger partial charge in [-0.15, -0.1) is 0 Å². The zero-order valence-corrected chi connectivity index (χ0v) is 12.6. The molecular formula is C15H16BrN3O. The van der Waals surface area contributed by atoms with Gasteiger partial charge in [0.15, 0.2) is 0 Å². The minimum atomic E-state index is 0.0407. The largest absolute Gasteiger partial charge is 0.376 e. The third-order valence-corrected chi connectivity index (χ3v) is 3.92. The first kappa shape index (κ1) is 13.4. The van der Waals surface area contributed by atoms with Crippen LogP contribution in [-0.4, -0.2) is 24.0 Å². The Morgan fingerprint density at radius 1 is 1.35 bits per heavy atom. The Labute approximate surface area is 126 Å². The van der Waals surface area contributed by atoms with Gasteiger partial charge in [0.05, 0.1) is 12.1 Å². The summed E-state index contributed by atoms with van der Waals surface area (Å²) in [7, 11) is 0. The number of rotatable bonds is 5. The predicted octanol–water partition coefficient (Wildman–Crippen LogP) is 2.94. The molecule has 5 heteroatoms. The zero-order valence-electron chi connectivity index (χ0n) is 11.0. The van der Waals surface area contributed by atoms with Crippen LogP contribution in [0.15, 0.2) is 34.9 Å². The van der Waals surface area contributed by atoms with E-state index in [1.165, 1.54) is 12.8 Å². The van der Waals surface area contributed by atoms with Crippen LogP contribution in [0.1, 0.15) is 12.8 Å². The number of benzene rings is 1. The molecule has 1 heterocycles. The average molecular weight is 334 g/mol. The Morgan fingerprint density at radius 3 is 3.00 bits per heavy atom. The van der Waals surface area contributed by atoms with E-state index in [1.807, 2.05) is 24.3 Å². The van der Waals surface area contributed by atoms with Crippen LogP contribution >= 0.6 is 15.9 Å². The molecule has 2 N–H and O–H groups in total. The first-order valence-corrected chi connectivity index (χ1v) is 7.56. The van der Waals surface area contributed by atoms with Crippen LogP contribution in [0.25, 0.3) is 10.9 Å². The molecule has 3 rings (SSSR count). The van der Waals surface area contributed by atoms with Crippen molar-refractivity contribution >= 4 is 38.4 Å². The number of anilines is 1. The second-order valence-electron chi connectivity index (χ2n) is 5.12. The van der Waals surface area contributed by atoms with Gasteiger partial charge in [-0.2, -0.15) is 0 Å². The van der Waals surface area contributed by atoms with Crippen molar-refractivity contribution in [2.45, 2.75) is 12.8 Å². The molecule has 1 fully saturated rings. The van der Waals surface area contributed by atoms with Gasteiger partial charge in [-0.3, -0.25) is 9.78 Å². The Morgan fingerprint density at radius 2 is 2.20 bits per heavy atom. The lowest BCUT2D eigenvalue weighted by molar-refractivity contribution is -0.119. The van der Waals surface area contributed by atoms with Crippen molar-refractivity contribution in [2.75, 3.05) is 18.4 Å². The van der Waals surface area contributed by atoms with Crippen molar-refractivity contribution in [3.8, 4) is 0 Å². The molecule has 1 aliphatic rings. The number of carbonyl (C=O) groups is 1. The van der Waals surface area contributed by atoms with Gasteiger partial charge in [-0.25, -0.2) is 0 Å². The molecule has 4 nitrogen and oxygen atoms in total. The van der Waals surface area contributed by atoms with E-state index in [-0.39, 0.29) is 5.91 Å². The number of aromatic nitrogens is 1. The Balaban J connectivity index is 1.65. The first-order valence-electron chi connectivity index (χ1n) is 6.77. The highest BCUT2D eigenvalue weighted by molar-refractivity contribution is 9.10. The summed E-state index contributed by atoms with van der Waals surface area (Å²) in [6, 6.07) is 7.83. The standard InChI is InChI=1S/C15H16BrN3O/c16-11-3-4-12-13(5-6-17-14(12)7-11)18-9-15(20)19-8-10-1-2-10/h3-7,10H,1-2,8-9H2,(H,17,18)(H,19,20). The van der Waals surface area contributed by atoms with E-state index in [2.05, 4.69) is 31.5 Å². The normalized spacial score (nSPS) is 14.2. The second-order valence-corrected chi connectivity index (χ2v) is 6.04. The molecule has 0 atom stereocenters. The van der Waals surface area contributed by atoms with Crippen LogP contribution in [0.3, 0.4) is 0 Å². The van der Waals surface area contributed by atoms with E-state index < -0.39 is 0 Å². The van der Waals surface area contributed by atoms with Crippen LogP contribution in [0.2, 0.25) is 0 Å². The number of amides is 1.